The zero-order valence-corrected chi connectivity index (χ0v) is 15.3. The van der Waals surface area contributed by atoms with Gasteiger partial charge in [-0.25, -0.2) is 14.6 Å². The van der Waals surface area contributed by atoms with Crippen molar-refractivity contribution in [3.8, 4) is 0 Å². The molecule has 7 heteroatoms. The summed E-state index contributed by atoms with van der Waals surface area (Å²) >= 11 is 1.07. The molecule has 0 aliphatic carbocycles. The molecular weight excluding hydrogens is 350 g/mol. The van der Waals surface area contributed by atoms with Crippen molar-refractivity contribution in [3.05, 3.63) is 46.5 Å². The van der Waals surface area contributed by atoms with Crippen molar-refractivity contribution in [2.75, 3.05) is 10.2 Å². The third-order valence-electron chi connectivity index (χ3n) is 4.57. The standard InChI is InChI=1S/C19H17N3O3S/c1-9(2)11-4-5-12(10(3)8-11)22-13-6-7-20-17-14(13)15(21-19(22)25)16(26-17)18(23)24/h4-9H,1-3H3,(H,21,25)(H,23,24). The first-order valence-corrected chi connectivity index (χ1v) is 9.06. The minimum Gasteiger partial charge on any atom is -0.477 e. The molecule has 26 heavy (non-hydrogen) atoms. The van der Waals surface area contributed by atoms with Crippen molar-refractivity contribution in [2.24, 2.45) is 0 Å². The molecular formula is C19H17N3O3S. The number of hydrogen-bond acceptors (Lipinski definition) is 4. The SMILES string of the molecule is Cc1cc(C(C)C)ccc1N1C(=O)Nc2c(C(=O)O)sc3nccc1c23. The second kappa shape index (κ2) is 5.81. The van der Waals surface area contributed by atoms with Gasteiger partial charge in [-0.1, -0.05) is 26.0 Å². The van der Waals surface area contributed by atoms with E-state index in [0.29, 0.717) is 27.5 Å². The van der Waals surface area contributed by atoms with Crippen molar-refractivity contribution in [1.29, 1.82) is 0 Å². The molecule has 3 aromatic rings. The number of benzene rings is 1. The summed E-state index contributed by atoms with van der Waals surface area (Å²) in [6.45, 7) is 6.22. The number of pyridine rings is 1. The number of carboxylic acids is 1. The van der Waals surface area contributed by atoms with Gasteiger partial charge in [-0.2, -0.15) is 0 Å². The minimum absolute atomic E-state index is 0.0971. The Morgan fingerprint density at radius 2 is 2.04 bits per heavy atom. The Balaban J connectivity index is 1.94. The molecule has 0 radical (unpaired) electrons. The molecule has 1 aromatic carbocycles. The van der Waals surface area contributed by atoms with Crippen LogP contribution in [0.15, 0.2) is 30.5 Å². The lowest BCUT2D eigenvalue weighted by molar-refractivity contribution is 0.0703. The molecule has 3 heterocycles. The Hall–Kier alpha value is -2.93. The van der Waals surface area contributed by atoms with E-state index in [0.717, 1.165) is 22.6 Å². The number of anilines is 3. The molecule has 2 aromatic heterocycles. The zero-order valence-electron chi connectivity index (χ0n) is 14.5. The predicted octanol–water partition coefficient (Wildman–Crippen LogP) is 5.11. The van der Waals surface area contributed by atoms with Crippen LogP contribution < -0.4 is 10.2 Å². The maximum atomic E-state index is 12.8. The summed E-state index contributed by atoms with van der Waals surface area (Å²) in [5, 5.41) is 12.8. The molecule has 0 unspecified atom stereocenters. The lowest BCUT2D eigenvalue weighted by Gasteiger charge is -2.29. The first-order valence-electron chi connectivity index (χ1n) is 8.25. The first kappa shape index (κ1) is 16.5. The van der Waals surface area contributed by atoms with Gasteiger partial charge < -0.3 is 10.4 Å². The van der Waals surface area contributed by atoms with E-state index >= 15 is 0 Å². The van der Waals surface area contributed by atoms with Crippen LogP contribution >= 0.6 is 11.3 Å². The Morgan fingerprint density at radius 1 is 1.27 bits per heavy atom. The second-order valence-electron chi connectivity index (χ2n) is 6.59. The topological polar surface area (TPSA) is 82.5 Å². The number of carboxylic acid groups (broad SMARTS) is 1. The first-order chi connectivity index (χ1) is 12.4. The Morgan fingerprint density at radius 3 is 2.69 bits per heavy atom. The number of amides is 2. The van der Waals surface area contributed by atoms with E-state index < -0.39 is 5.97 Å². The molecule has 0 saturated carbocycles. The zero-order chi connectivity index (χ0) is 18.6. The maximum absolute atomic E-state index is 12.8. The molecule has 1 aliphatic rings. The number of urea groups is 1. The van der Waals surface area contributed by atoms with Crippen LogP contribution in [0.3, 0.4) is 0 Å². The summed E-state index contributed by atoms with van der Waals surface area (Å²) in [5.41, 5.74) is 3.94. The third kappa shape index (κ3) is 2.35. The van der Waals surface area contributed by atoms with Crippen LogP contribution in [0.2, 0.25) is 0 Å². The molecule has 4 rings (SSSR count). The Bertz CT molecular complexity index is 1070. The number of nitrogens with zero attached hydrogens (tertiary/aromatic N) is 2. The fourth-order valence-electron chi connectivity index (χ4n) is 3.26. The van der Waals surface area contributed by atoms with Gasteiger partial charge in [0.2, 0.25) is 0 Å². The van der Waals surface area contributed by atoms with Crippen molar-refractivity contribution >= 4 is 50.6 Å². The van der Waals surface area contributed by atoms with E-state index in [1.807, 2.05) is 19.1 Å². The molecule has 0 saturated heterocycles. The Kier molecular flexibility index (Phi) is 3.69. The van der Waals surface area contributed by atoms with Crippen LogP contribution in [0.4, 0.5) is 21.9 Å². The maximum Gasteiger partial charge on any atom is 0.348 e. The van der Waals surface area contributed by atoms with Crippen LogP contribution in [0.1, 0.15) is 40.6 Å². The second-order valence-corrected chi connectivity index (χ2v) is 7.59. The number of hydrogen-bond donors (Lipinski definition) is 2. The van der Waals surface area contributed by atoms with Crippen LogP contribution in [0, 0.1) is 6.92 Å². The van der Waals surface area contributed by atoms with Gasteiger partial charge in [0, 0.05) is 6.20 Å². The summed E-state index contributed by atoms with van der Waals surface area (Å²) < 4.78 is 0. The van der Waals surface area contributed by atoms with Gasteiger partial charge in [-0.3, -0.25) is 4.90 Å². The minimum atomic E-state index is -1.07. The number of aromatic nitrogens is 1. The van der Waals surface area contributed by atoms with Crippen molar-refractivity contribution in [3.63, 3.8) is 0 Å². The third-order valence-corrected chi connectivity index (χ3v) is 5.65. The molecule has 1 aliphatic heterocycles. The number of carbonyl (C=O) groups is 2. The van der Waals surface area contributed by atoms with E-state index in [4.69, 9.17) is 0 Å². The average Bonchev–Trinajstić information content (AvgIpc) is 2.96. The Labute approximate surface area is 154 Å². The molecule has 0 atom stereocenters. The van der Waals surface area contributed by atoms with Crippen LogP contribution in [0.25, 0.3) is 10.2 Å². The van der Waals surface area contributed by atoms with E-state index in [-0.39, 0.29) is 10.9 Å². The van der Waals surface area contributed by atoms with Crippen molar-refractivity contribution < 1.29 is 14.7 Å². The molecule has 0 fully saturated rings. The molecule has 6 nitrogen and oxygen atoms in total. The molecule has 2 N–H and O–H groups in total. The summed E-state index contributed by atoms with van der Waals surface area (Å²) in [6.07, 6.45) is 1.60. The lowest BCUT2D eigenvalue weighted by Crippen LogP contribution is -2.34. The van der Waals surface area contributed by atoms with E-state index in [1.165, 1.54) is 5.56 Å². The summed E-state index contributed by atoms with van der Waals surface area (Å²) in [5.74, 6) is -0.674. The smallest absolute Gasteiger partial charge is 0.348 e. The van der Waals surface area contributed by atoms with Crippen molar-refractivity contribution in [1.82, 2.24) is 4.98 Å². The van der Waals surface area contributed by atoms with Gasteiger partial charge in [-0.15, -0.1) is 11.3 Å². The molecule has 132 valence electrons. The van der Waals surface area contributed by atoms with Gasteiger partial charge in [-0.05, 0) is 36.1 Å². The van der Waals surface area contributed by atoms with Crippen LogP contribution in [0.5, 0.6) is 0 Å². The number of thiophene rings is 1. The monoisotopic (exact) mass is 367 g/mol. The summed E-state index contributed by atoms with van der Waals surface area (Å²) in [6, 6.07) is 7.42. The largest absolute Gasteiger partial charge is 0.477 e. The highest BCUT2D eigenvalue weighted by Crippen LogP contribution is 2.46. The molecule has 2 amide bonds. The highest BCUT2D eigenvalue weighted by Gasteiger charge is 2.33. The summed E-state index contributed by atoms with van der Waals surface area (Å²) in [7, 11) is 0. The summed E-state index contributed by atoms with van der Waals surface area (Å²) in [4.78, 5) is 30.9. The van der Waals surface area contributed by atoms with Gasteiger partial charge in [0.15, 0.2) is 0 Å². The van der Waals surface area contributed by atoms with E-state index in [1.54, 1.807) is 17.2 Å². The molecule has 0 bridgehead atoms. The number of carbonyl (C=O) groups excluding carboxylic acids is 1. The highest BCUT2D eigenvalue weighted by molar-refractivity contribution is 7.21. The number of rotatable bonds is 3. The van der Waals surface area contributed by atoms with E-state index in [9.17, 15) is 14.7 Å². The fourth-order valence-corrected chi connectivity index (χ4v) is 4.22. The predicted molar refractivity (Wildman–Crippen MR) is 103 cm³/mol. The van der Waals surface area contributed by atoms with Gasteiger partial charge >= 0.3 is 12.0 Å². The van der Waals surface area contributed by atoms with Gasteiger partial charge in [0.05, 0.1) is 22.4 Å². The average molecular weight is 367 g/mol. The van der Waals surface area contributed by atoms with Gasteiger partial charge in [0.25, 0.3) is 0 Å². The quantitative estimate of drug-likeness (QED) is 0.674. The number of aryl methyl sites for hydroxylation is 1. The number of aromatic carboxylic acids is 1. The van der Waals surface area contributed by atoms with Crippen molar-refractivity contribution in [2.45, 2.75) is 26.7 Å². The van der Waals surface area contributed by atoms with Crippen LogP contribution in [-0.4, -0.2) is 22.1 Å². The van der Waals surface area contributed by atoms with Gasteiger partial charge in [0.1, 0.15) is 9.71 Å². The fraction of sp³-hybridized carbons (Fsp3) is 0.211. The van der Waals surface area contributed by atoms with Crippen LogP contribution in [-0.2, 0) is 0 Å². The number of nitrogens with one attached hydrogen (secondary N) is 1. The highest BCUT2D eigenvalue weighted by atomic mass is 32.1. The normalized spacial score (nSPS) is 13.4. The van der Waals surface area contributed by atoms with E-state index in [2.05, 4.69) is 30.2 Å². The lowest BCUT2D eigenvalue weighted by atomic mass is 9.99. The molecule has 0 spiro atoms.